The zero-order valence-electron chi connectivity index (χ0n) is 24.4. The predicted octanol–water partition coefficient (Wildman–Crippen LogP) is 11.2. The molecule has 0 spiro atoms. The van der Waals surface area contributed by atoms with E-state index < -0.39 is 0 Å². The number of nitrogens with one attached hydrogen (secondary N) is 2. The monoisotopic (exact) mass is 564 g/mol. The molecule has 0 fully saturated rings. The van der Waals surface area contributed by atoms with Gasteiger partial charge >= 0.3 is 0 Å². The molecule has 0 aliphatic carbocycles. The van der Waals surface area contributed by atoms with Gasteiger partial charge in [0.2, 0.25) is 0 Å². The van der Waals surface area contributed by atoms with E-state index >= 15 is 0 Å². The van der Waals surface area contributed by atoms with Gasteiger partial charge in [-0.15, -0.1) is 0 Å². The highest BCUT2D eigenvalue weighted by molar-refractivity contribution is 6.17. The lowest BCUT2D eigenvalue weighted by molar-refractivity contribution is 1.15. The van der Waals surface area contributed by atoms with Crippen molar-refractivity contribution in [2.24, 2.45) is 0 Å². The summed E-state index contributed by atoms with van der Waals surface area (Å²) in [6.45, 7) is 1.49. The highest BCUT2D eigenvalue weighted by atomic mass is 14.9. The first-order valence-electron chi connectivity index (χ1n) is 15.3. The Morgan fingerprint density at radius 3 is 1.09 bits per heavy atom. The average Bonchev–Trinajstić information content (AvgIpc) is 3.08. The Labute approximate surface area is 257 Å². The van der Waals surface area contributed by atoms with Crippen molar-refractivity contribution >= 4 is 54.5 Å². The maximum atomic E-state index is 3.84. The Kier molecular flexibility index (Phi) is 6.66. The van der Waals surface area contributed by atoms with E-state index in [9.17, 15) is 0 Å². The summed E-state index contributed by atoms with van der Waals surface area (Å²) in [5, 5.41) is 17.6. The summed E-state index contributed by atoms with van der Waals surface area (Å²) in [5.41, 5.74) is 7.20. The average molecular weight is 565 g/mol. The lowest BCUT2D eigenvalue weighted by Gasteiger charge is -2.22. The van der Waals surface area contributed by atoms with Crippen molar-refractivity contribution < 1.29 is 0 Å². The fraction of sp³-hybridized carbons (Fsp3) is 0.0476. The van der Waals surface area contributed by atoms with E-state index in [-0.39, 0.29) is 0 Å². The van der Waals surface area contributed by atoms with E-state index in [1.165, 1.54) is 65.3 Å². The van der Waals surface area contributed by atoms with E-state index in [0.717, 1.165) is 24.5 Å². The predicted molar refractivity (Wildman–Crippen MR) is 189 cm³/mol. The molecule has 8 aromatic rings. The molecule has 0 unspecified atom stereocenters. The molecule has 0 saturated heterocycles. The zero-order valence-corrected chi connectivity index (χ0v) is 24.4. The Hall–Kier alpha value is -5.60. The molecule has 0 amide bonds. The molecule has 0 heterocycles. The number of hydrogen-bond acceptors (Lipinski definition) is 2. The minimum Gasteiger partial charge on any atom is -0.380 e. The minimum atomic E-state index is 0.743. The topological polar surface area (TPSA) is 24.1 Å². The molecule has 2 heteroatoms. The third-order valence-electron chi connectivity index (χ3n) is 8.67. The van der Waals surface area contributed by atoms with Gasteiger partial charge in [0.15, 0.2) is 0 Å². The van der Waals surface area contributed by atoms with Gasteiger partial charge in [-0.05, 0) is 90.6 Å². The number of fused-ring (bicyclic) bond motifs is 4. The van der Waals surface area contributed by atoms with Crippen molar-refractivity contribution in [2.75, 3.05) is 10.6 Å². The van der Waals surface area contributed by atoms with Gasteiger partial charge in [0, 0.05) is 35.6 Å². The summed E-state index contributed by atoms with van der Waals surface area (Å²) in [6, 6.07) is 57.0. The van der Waals surface area contributed by atoms with Crippen LogP contribution in [0.3, 0.4) is 0 Å². The van der Waals surface area contributed by atoms with Gasteiger partial charge in [0.05, 0.1) is 0 Å². The summed E-state index contributed by atoms with van der Waals surface area (Å²) in [6.07, 6.45) is 0. The van der Waals surface area contributed by atoms with Crippen LogP contribution in [0.25, 0.3) is 54.2 Å². The van der Waals surface area contributed by atoms with E-state index in [4.69, 9.17) is 0 Å². The first-order valence-corrected chi connectivity index (χ1v) is 15.3. The number of hydrogen-bond donors (Lipinski definition) is 2. The van der Waals surface area contributed by atoms with Crippen LogP contribution in [0.5, 0.6) is 0 Å². The zero-order chi connectivity index (χ0) is 29.3. The molecule has 0 saturated carbocycles. The van der Waals surface area contributed by atoms with Crippen LogP contribution >= 0.6 is 0 Å². The van der Waals surface area contributed by atoms with Gasteiger partial charge in [-0.3, -0.25) is 0 Å². The molecule has 2 N–H and O–H groups in total. The summed E-state index contributed by atoms with van der Waals surface area (Å²) in [7, 11) is 0. The molecule has 0 radical (unpaired) electrons. The molecular weight excluding hydrogens is 532 g/mol. The molecule has 0 aliphatic rings. The van der Waals surface area contributed by atoms with E-state index in [1.54, 1.807) is 0 Å². The van der Waals surface area contributed by atoms with E-state index in [2.05, 4.69) is 168 Å². The van der Waals surface area contributed by atoms with Crippen molar-refractivity contribution in [3.8, 4) is 11.1 Å². The van der Waals surface area contributed by atoms with Gasteiger partial charge in [0.25, 0.3) is 0 Å². The largest absolute Gasteiger partial charge is 0.380 e. The van der Waals surface area contributed by atoms with Crippen LogP contribution in [0.4, 0.5) is 11.4 Å². The summed E-state index contributed by atoms with van der Waals surface area (Å²) in [5.74, 6) is 0. The normalized spacial score (nSPS) is 11.4. The second kappa shape index (κ2) is 11.2. The van der Waals surface area contributed by atoms with Crippen molar-refractivity contribution in [2.45, 2.75) is 13.1 Å². The van der Waals surface area contributed by atoms with Gasteiger partial charge in [-0.25, -0.2) is 0 Å². The van der Waals surface area contributed by atoms with Gasteiger partial charge < -0.3 is 10.6 Å². The van der Waals surface area contributed by atoms with Crippen LogP contribution < -0.4 is 10.6 Å². The van der Waals surface area contributed by atoms with Crippen molar-refractivity contribution in [1.82, 2.24) is 0 Å². The van der Waals surface area contributed by atoms with Crippen LogP contribution in [0.15, 0.2) is 158 Å². The molecular formula is C42H32N2. The SMILES string of the molecule is c1ccc(CNc2ccc3cc4ccccc4cc3c2-c2c(NCc3ccccc3)ccc3cc4ccccc4cc23)cc1. The Morgan fingerprint density at radius 1 is 0.318 bits per heavy atom. The maximum absolute atomic E-state index is 3.84. The fourth-order valence-electron chi connectivity index (χ4n) is 6.45. The van der Waals surface area contributed by atoms with Crippen molar-refractivity contribution in [3.63, 3.8) is 0 Å². The first kappa shape index (κ1) is 26.1. The number of rotatable bonds is 7. The molecule has 0 aromatic heterocycles. The van der Waals surface area contributed by atoms with Crippen LogP contribution in [0, 0.1) is 0 Å². The van der Waals surface area contributed by atoms with E-state index in [0.29, 0.717) is 0 Å². The lowest BCUT2D eigenvalue weighted by Crippen LogP contribution is -2.05. The molecule has 8 aromatic carbocycles. The number of anilines is 2. The third-order valence-corrected chi connectivity index (χ3v) is 8.67. The van der Waals surface area contributed by atoms with Crippen LogP contribution in [0.2, 0.25) is 0 Å². The number of benzene rings is 8. The van der Waals surface area contributed by atoms with Gasteiger partial charge in [-0.1, -0.05) is 121 Å². The standard InChI is InChI=1S/C42H32N2/c1-3-11-29(12-4-1)27-43-39-21-19-35-23-31-15-7-9-17-33(31)25-37(35)41(39)42-38-26-34-18-10-8-16-32(34)24-36(38)20-22-40(42)44-28-30-13-5-2-6-14-30/h1-26,43-44H,27-28H2. The molecule has 0 aliphatic heterocycles. The lowest BCUT2D eigenvalue weighted by atomic mass is 9.88. The van der Waals surface area contributed by atoms with Gasteiger partial charge in [0.1, 0.15) is 0 Å². The van der Waals surface area contributed by atoms with E-state index in [1.807, 2.05) is 0 Å². The van der Waals surface area contributed by atoms with Crippen LogP contribution in [0.1, 0.15) is 11.1 Å². The van der Waals surface area contributed by atoms with Gasteiger partial charge in [-0.2, -0.15) is 0 Å². The molecule has 0 atom stereocenters. The van der Waals surface area contributed by atoms with Crippen molar-refractivity contribution in [3.05, 3.63) is 169 Å². The summed E-state index contributed by atoms with van der Waals surface area (Å²) < 4.78 is 0. The highest BCUT2D eigenvalue weighted by Gasteiger charge is 2.19. The Bertz CT molecular complexity index is 2110. The Morgan fingerprint density at radius 2 is 0.682 bits per heavy atom. The second-order valence-corrected chi connectivity index (χ2v) is 11.5. The third kappa shape index (κ3) is 4.91. The van der Waals surface area contributed by atoms with Crippen LogP contribution in [-0.4, -0.2) is 0 Å². The fourth-order valence-corrected chi connectivity index (χ4v) is 6.45. The van der Waals surface area contributed by atoms with Crippen molar-refractivity contribution in [1.29, 1.82) is 0 Å². The summed E-state index contributed by atoms with van der Waals surface area (Å²) >= 11 is 0. The van der Waals surface area contributed by atoms with Crippen LogP contribution in [-0.2, 0) is 13.1 Å². The minimum absolute atomic E-state index is 0.743. The molecule has 210 valence electrons. The quantitative estimate of drug-likeness (QED) is 0.188. The first-order chi connectivity index (χ1) is 21.8. The Balaban J connectivity index is 1.41. The highest BCUT2D eigenvalue weighted by Crippen LogP contribution is 2.45. The second-order valence-electron chi connectivity index (χ2n) is 11.5. The smallest absolute Gasteiger partial charge is 0.0430 e. The molecule has 2 nitrogen and oxygen atoms in total. The maximum Gasteiger partial charge on any atom is 0.0430 e. The summed E-state index contributed by atoms with van der Waals surface area (Å²) in [4.78, 5) is 0. The molecule has 0 bridgehead atoms. The molecule has 8 rings (SSSR count). The molecule has 44 heavy (non-hydrogen) atoms.